The molecule has 2 amide bonds. The van der Waals surface area contributed by atoms with E-state index >= 15 is 0 Å². The van der Waals surface area contributed by atoms with Crippen LogP contribution in [-0.2, 0) is 17.9 Å². The van der Waals surface area contributed by atoms with Gasteiger partial charge in [0.2, 0.25) is 5.91 Å². The lowest BCUT2D eigenvalue weighted by molar-refractivity contribution is -0.133. The summed E-state index contributed by atoms with van der Waals surface area (Å²) < 4.78 is 0. The van der Waals surface area contributed by atoms with Gasteiger partial charge in [0.05, 0.1) is 6.54 Å². The van der Waals surface area contributed by atoms with Gasteiger partial charge in [0.1, 0.15) is 6.54 Å². The predicted octanol–water partition coefficient (Wildman–Crippen LogP) is 5.83. The summed E-state index contributed by atoms with van der Waals surface area (Å²) in [5.41, 5.74) is 3.99. The van der Waals surface area contributed by atoms with Crippen LogP contribution in [-0.4, -0.2) is 34.2 Å². The van der Waals surface area contributed by atoms with Crippen LogP contribution in [0.1, 0.15) is 52.2 Å². The molecule has 3 aromatic rings. The van der Waals surface area contributed by atoms with Crippen LogP contribution in [0.15, 0.2) is 66.0 Å². The Bertz CT molecular complexity index is 1030. The van der Waals surface area contributed by atoms with Crippen molar-refractivity contribution in [1.82, 2.24) is 9.80 Å². The molecule has 168 valence electrons. The Morgan fingerprint density at radius 3 is 2.22 bits per heavy atom. The van der Waals surface area contributed by atoms with E-state index in [1.165, 1.54) is 10.4 Å². The topological polar surface area (TPSA) is 40.6 Å². The number of rotatable bonds is 9. The van der Waals surface area contributed by atoms with Crippen molar-refractivity contribution >= 4 is 23.2 Å². The molecule has 2 aromatic carbocycles. The monoisotopic (exact) mass is 448 g/mol. The van der Waals surface area contributed by atoms with E-state index in [0.717, 1.165) is 17.5 Å². The van der Waals surface area contributed by atoms with Crippen LogP contribution in [0.25, 0.3) is 0 Å². The van der Waals surface area contributed by atoms with E-state index in [0.29, 0.717) is 18.7 Å². The van der Waals surface area contributed by atoms with Gasteiger partial charge in [-0.05, 0) is 61.9 Å². The van der Waals surface area contributed by atoms with Crippen molar-refractivity contribution in [3.63, 3.8) is 0 Å². The first kappa shape index (κ1) is 23.7. The Morgan fingerprint density at radius 2 is 1.62 bits per heavy atom. The number of hydrogen-bond acceptors (Lipinski definition) is 3. The normalized spacial score (nSPS) is 11.8. The number of thiophene rings is 1. The molecule has 0 radical (unpaired) electrons. The molecule has 1 heterocycles. The summed E-state index contributed by atoms with van der Waals surface area (Å²) in [6.45, 7) is 9.25. The molecule has 3 rings (SSSR count). The van der Waals surface area contributed by atoms with Crippen LogP contribution in [0, 0.1) is 13.8 Å². The second kappa shape index (κ2) is 11.1. The minimum absolute atomic E-state index is 0.0326. The lowest BCUT2D eigenvalue weighted by Crippen LogP contribution is -2.46. The van der Waals surface area contributed by atoms with Gasteiger partial charge in [0.15, 0.2) is 0 Å². The molecule has 0 bridgehead atoms. The average Bonchev–Trinajstić information content (AvgIpc) is 3.21. The molecule has 0 saturated heterocycles. The lowest BCUT2D eigenvalue weighted by Gasteiger charge is -2.31. The number of carbonyl (C=O) groups excluding carboxylic acids is 2. The van der Waals surface area contributed by atoms with Crippen molar-refractivity contribution in [2.45, 2.75) is 53.2 Å². The van der Waals surface area contributed by atoms with E-state index in [1.807, 2.05) is 80.3 Å². The van der Waals surface area contributed by atoms with Gasteiger partial charge in [-0.1, -0.05) is 55.0 Å². The molecule has 1 unspecified atom stereocenters. The number of nitrogens with zero attached hydrogens (tertiary/aromatic N) is 2. The molecule has 1 atom stereocenters. The van der Waals surface area contributed by atoms with E-state index in [-0.39, 0.29) is 24.4 Å². The minimum atomic E-state index is -0.0975. The Balaban J connectivity index is 1.84. The zero-order chi connectivity index (χ0) is 23.1. The number of benzene rings is 2. The van der Waals surface area contributed by atoms with Crippen molar-refractivity contribution in [3.8, 4) is 0 Å². The van der Waals surface area contributed by atoms with Crippen molar-refractivity contribution in [2.75, 3.05) is 6.54 Å². The molecule has 32 heavy (non-hydrogen) atoms. The highest BCUT2D eigenvalue weighted by molar-refractivity contribution is 7.10. The number of hydrogen-bond donors (Lipinski definition) is 0. The molecular formula is C27H32N2O2S. The van der Waals surface area contributed by atoms with Gasteiger partial charge < -0.3 is 9.80 Å². The molecule has 0 N–H and O–H groups in total. The third-order valence-electron chi connectivity index (χ3n) is 5.86. The van der Waals surface area contributed by atoms with Gasteiger partial charge >= 0.3 is 0 Å². The maximum Gasteiger partial charge on any atom is 0.254 e. The second-order valence-electron chi connectivity index (χ2n) is 8.32. The Morgan fingerprint density at radius 1 is 0.938 bits per heavy atom. The molecule has 0 fully saturated rings. The van der Waals surface area contributed by atoms with E-state index < -0.39 is 0 Å². The van der Waals surface area contributed by atoms with Gasteiger partial charge in [-0.2, -0.15) is 0 Å². The van der Waals surface area contributed by atoms with Crippen LogP contribution in [0.5, 0.6) is 0 Å². The van der Waals surface area contributed by atoms with Crippen molar-refractivity contribution in [3.05, 3.63) is 93.2 Å². The molecule has 0 aliphatic rings. The fraction of sp³-hybridized carbons (Fsp3) is 0.333. The highest BCUT2D eigenvalue weighted by atomic mass is 32.1. The molecule has 0 aliphatic heterocycles. The average molecular weight is 449 g/mol. The quantitative estimate of drug-likeness (QED) is 0.413. The fourth-order valence-electron chi connectivity index (χ4n) is 3.53. The molecule has 0 saturated carbocycles. The first-order valence-corrected chi connectivity index (χ1v) is 12.0. The van der Waals surface area contributed by atoms with Crippen molar-refractivity contribution < 1.29 is 9.59 Å². The molecule has 0 spiro atoms. The molecule has 1 aromatic heterocycles. The van der Waals surface area contributed by atoms with Crippen molar-refractivity contribution in [1.29, 1.82) is 0 Å². The van der Waals surface area contributed by atoms with Gasteiger partial charge in [-0.25, -0.2) is 0 Å². The van der Waals surface area contributed by atoms with Crippen molar-refractivity contribution in [2.24, 2.45) is 0 Å². The minimum Gasteiger partial charge on any atom is -0.332 e. The maximum absolute atomic E-state index is 13.5. The molecule has 4 nitrogen and oxygen atoms in total. The van der Waals surface area contributed by atoms with Gasteiger partial charge in [-0.3, -0.25) is 9.59 Å². The second-order valence-corrected chi connectivity index (χ2v) is 9.32. The highest BCUT2D eigenvalue weighted by Crippen LogP contribution is 2.20. The first-order valence-electron chi connectivity index (χ1n) is 11.1. The molecule has 5 heteroatoms. The standard InChI is InChI=1S/C27H32N2O2S/c1-5-22(4)29(27(31)24-13-11-20(2)12-14-24)19-26(30)28(17-23-9-7-6-8-10-23)18-25-21(3)15-16-32-25/h6-16,22H,5,17-19H2,1-4H3. The van der Waals surface area contributed by atoms with Gasteiger partial charge in [-0.15, -0.1) is 11.3 Å². The van der Waals surface area contributed by atoms with Crippen LogP contribution in [0.2, 0.25) is 0 Å². The molecular weight excluding hydrogens is 416 g/mol. The SMILES string of the molecule is CCC(C)N(CC(=O)N(Cc1ccccc1)Cc1sccc1C)C(=O)c1ccc(C)cc1. The zero-order valence-electron chi connectivity index (χ0n) is 19.4. The lowest BCUT2D eigenvalue weighted by atomic mass is 10.1. The summed E-state index contributed by atoms with van der Waals surface area (Å²) in [4.78, 5) is 31.6. The predicted molar refractivity (Wildman–Crippen MR) is 132 cm³/mol. The number of carbonyl (C=O) groups is 2. The van der Waals surface area contributed by atoms with E-state index in [2.05, 4.69) is 18.4 Å². The summed E-state index contributed by atoms with van der Waals surface area (Å²) in [5.74, 6) is -0.137. The van der Waals surface area contributed by atoms with Crippen LogP contribution >= 0.6 is 11.3 Å². The maximum atomic E-state index is 13.5. The first-order chi connectivity index (χ1) is 15.4. The largest absolute Gasteiger partial charge is 0.332 e. The van der Waals surface area contributed by atoms with Gasteiger partial charge in [0, 0.05) is 23.0 Å². The van der Waals surface area contributed by atoms with E-state index in [1.54, 1.807) is 16.2 Å². The summed E-state index contributed by atoms with van der Waals surface area (Å²) in [6, 6.07) is 19.6. The Hall–Kier alpha value is -2.92. The Labute approximate surface area is 195 Å². The van der Waals surface area contributed by atoms with Crippen LogP contribution < -0.4 is 0 Å². The summed E-state index contributed by atoms with van der Waals surface area (Å²) >= 11 is 1.67. The molecule has 0 aliphatic carbocycles. The third kappa shape index (κ3) is 6.07. The van der Waals surface area contributed by atoms with E-state index in [9.17, 15) is 9.59 Å². The number of amides is 2. The third-order valence-corrected chi connectivity index (χ3v) is 6.87. The Kier molecular flexibility index (Phi) is 8.23. The summed E-state index contributed by atoms with van der Waals surface area (Å²) in [7, 11) is 0. The smallest absolute Gasteiger partial charge is 0.254 e. The van der Waals surface area contributed by atoms with Crippen LogP contribution in [0.3, 0.4) is 0 Å². The summed E-state index contributed by atoms with van der Waals surface area (Å²) in [5, 5.41) is 2.06. The van der Waals surface area contributed by atoms with Gasteiger partial charge in [0.25, 0.3) is 5.91 Å². The van der Waals surface area contributed by atoms with Crippen LogP contribution in [0.4, 0.5) is 0 Å². The zero-order valence-corrected chi connectivity index (χ0v) is 20.2. The summed E-state index contributed by atoms with van der Waals surface area (Å²) in [6.07, 6.45) is 0.785. The van der Waals surface area contributed by atoms with E-state index in [4.69, 9.17) is 0 Å². The number of aryl methyl sites for hydroxylation is 2. The fourth-order valence-corrected chi connectivity index (χ4v) is 4.45. The highest BCUT2D eigenvalue weighted by Gasteiger charge is 2.26.